The first-order chi connectivity index (χ1) is 8.49. The standard InChI is InChI=1S/C11H8N2O4S/c1-12-10(14)9(18-11(12)15)6-7-2-4-8(5-3-7)13(16)17/h2-6H,1H3/b9-6-. The third-order valence-corrected chi connectivity index (χ3v) is 3.35. The van der Waals surface area contributed by atoms with E-state index in [1.54, 1.807) is 0 Å². The van der Waals surface area contributed by atoms with Crippen LogP contribution < -0.4 is 0 Å². The van der Waals surface area contributed by atoms with E-state index in [9.17, 15) is 19.7 Å². The second-order valence-corrected chi connectivity index (χ2v) is 4.58. The van der Waals surface area contributed by atoms with Gasteiger partial charge in [0.1, 0.15) is 0 Å². The van der Waals surface area contributed by atoms with Crippen molar-refractivity contribution in [1.29, 1.82) is 0 Å². The fourth-order valence-corrected chi connectivity index (χ4v) is 2.22. The number of nitro benzene ring substituents is 1. The molecular weight excluding hydrogens is 256 g/mol. The summed E-state index contributed by atoms with van der Waals surface area (Å²) >= 11 is 0.852. The van der Waals surface area contributed by atoms with Gasteiger partial charge in [-0.25, -0.2) is 0 Å². The third-order valence-electron chi connectivity index (χ3n) is 2.39. The lowest BCUT2D eigenvalue weighted by Crippen LogP contribution is -2.22. The zero-order valence-corrected chi connectivity index (χ0v) is 10.1. The van der Waals surface area contributed by atoms with E-state index in [-0.39, 0.29) is 16.8 Å². The van der Waals surface area contributed by atoms with E-state index in [2.05, 4.69) is 0 Å². The minimum absolute atomic E-state index is 0.0178. The van der Waals surface area contributed by atoms with Crippen molar-refractivity contribution in [3.63, 3.8) is 0 Å². The van der Waals surface area contributed by atoms with Crippen LogP contribution in [0.2, 0.25) is 0 Å². The molecule has 7 heteroatoms. The highest BCUT2D eigenvalue weighted by atomic mass is 32.2. The molecule has 2 amide bonds. The molecule has 2 rings (SSSR count). The maximum atomic E-state index is 11.6. The largest absolute Gasteiger partial charge is 0.293 e. The van der Waals surface area contributed by atoms with Gasteiger partial charge in [-0.2, -0.15) is 0 Å². The summed E-state index contributed by atoms with van der Waals surface area (Å²) in [6.45, 7) is 0. The number of thioether (sulfide) groups is 1. The van der Waals surface area contributed by atoms with Crippen LogP contribution in [0.25, 0.3) is 6.08 Å². The number of benzene rings is 1. The number of carbonyl (C=O) groups is 2. The number of carbonyl (C=O) groups excluding carboxylic acids is 2. The second-order valence-electron chi connectivity index (χ2n) is 3.59. The zero-order valence-electron chi connectivity index (χ0n) is 9.32. The molecule has 0 aliphatic carbocycles. The SMILES string of the molecule is CN1C(=O)S/C(=C\c2ccc([N+](=O)[O-])cc2)C1=O. The van der Waals surface area contributed by atoms with E-state index >= 15 is 0 Å². The van der Waals surface area contributed by atoms with Gasteiger partial charge < -0.3 is 0 Å². The highest BCUT2D eigenvalue weighted by molar-refractivity contribution is 8.18. The molecule has 6 nitrogen and oxygen atoms in total. The molecule has 1 aromatic rings. The average Bonchev–Trinajstić information content (AvgIpc) is 2.58. The smallest absolute Gasteiger partial charge is 0.272 e. The normalized spacial score (nSPS) is 17.6. The molecule has 18 heavy (non-hydrogen) atoms. The van der Waals surface area contributed by atoms with E-state index in [1.807, 2.05) is 0 Å². The molecule has 0 saturated carbocycles. The first kappa shape index (κ1) is 12.3. The van der Waals surface area contributed by atoms with Crippen molar-refractivity contribution in [2.24, 2.45) is 0 Å². The number of amides is 2. The molecule has 1 aromatic carbocycles. The highest BCUT2D eigenvalue weighted by Gasteiger charge is 2.31. The molecule has 0 aromatic heterocycles. The number of nitrogens with zero attached hydrogens (tertiary/aromatic N) is 2. The van der Waals surface area contributed by atoms with E-state index in [1.165, 1.54) is 37.4 Å². The molecule has 0 atom stereocenters. The summed E-state index contributed by atoms with van der Waals surface area (Å²) in [6, 6.07) is 5.76. The fourth-order valence-electron chi connectivity index (χ4n) is 1.39. The van der Waals surface area contributed by atoms with Gasteiger partial charge in [0.15, 0.2) is 0 Å². The molecule has 0 unspecified atom stereocenters. The van der Waals surface area contributed by atoms with Gasteiger partial charge in [-0.1, -0.05) is 0 Å². The van der Waals surface area contributed by atoms with Crippen LogP contribution in [0.4, 0.5) is 10.5 Å². The molecule has 1 aliphatic rings. The summed E-state index contributed by atoms with van der Waals surface area (Å²) < 4.78 is 0. The number of hydrogen-bond acceptors (Lipinski definition) is 5. The molecule has 0 radical (unpaired) electrons. The van der Waals surface area contributed by atoms with Crippen molar-refractivity contribution in [1.82, 2.24) is 4.90 Å². The maximum Gasteiger partial charge on any atom is 0.293 e. The lowest BCUT2D eigenvalue weighted by molar-refractivity contribution is -0.384. The molecule has 1 saturated heterocycles. The Hall–Kier alpha value is -2.15. The van der Waals surface area contributed by atoms with E-state index < -0.39 is 4.92 Å². The number of imide groups is 1. The van der Waals surface area contributed by atoms with Crippen molar-refractivity contribution in [2.45, 2.75) is 0 Å². The number of hydrogen-bond donors (Lipinski definition) is 0. The summed E-state index contributed by atoms with van der Waals surface area (Å²) in [5.41, 5.74) is 0.621. The molecule has 1 aliphatic heterocycles. The van der Waals surface area contributed by atoms with Crippen LogP contribution >= 0.6 is 11.8 Å². The second kappa shape index (κ2) is 4.61. The van der Waals surface area contributed by atoms with Crippen molar-refractivity contribution in [3.8, 4) is 0 Å². The van der Waals surface area contributed by atoms with Crippen LogP contribution in [0.1, 0.15) is 5.56 Å². The van der Waals surface area contributed by atoms with Crippen LogP contribution in [0, 0.1) is 10.1 Å². The molecule has 0 spiro atoms. The van der Waals surface area contributed by atoms with Gasteiger partial charge in [0.2, 0.25) is 0 Å². The summed E-state index contributed by atoms with van der Waals surface area (Å²) in [7, 11) is 1.41. The van der Waals surface area contributed by atoms with E-state index in [0.29, 0.717) is 10.5 Å². The van der Waals surface area contributed by atoms with E-state index in [4.69, 9.17) is 0 Å². The number of nitro groups is 1. The van der Waals surface area contributed by atoms with Crippen LogP contribution in [0.3, 0.4) is 0 Å². The Morgan fingerprint density at radius 2 is 1.89 bits per heavy atom. The molecule has 0 N–H and O–H groups in total. The summed E-state index contributed by atoms with van der Waals surface area (Å²) in [5.74, 6) is -0.358. The number of rotatable bonds is 2. The first-order valence-electron chi connectivity index (χ1n) is 4.95. The fraction of sp³-hybridized carbons (Fsp3) is 0.0909. The Labute approximate surface area is 106 Å². The Morgan fingerprint density at radius 3 is 2.33 bits per heavy atom. The van der Waals surface area contributed by atoms with Crippen molar-refractivity contribution < 1.29 is 14.5 Å². The number of non-ortho nitro benzene ring substituents is 1. The predicted molar refractivity (Wildman–Crippen MR) is 66.8 cm³/mol. The van der Waals surface area contributed by atoms with Gasteiger partial charge >= 0.3 is 0 Å². The highest BCUT2D eigenvalue weighted by Crippen LogP contribution is 2.31. The van der Waals surface area contributed by atoms with Crippen molar-refractivity contribution >= 4 is 34.7 Å². The van der Waals surface area contributed by atoms with Crippen LogP contribution in [-0.2, 0) is 4.79 Å². The Morgan fingerprint density at radius 1 is 1.28 bits per heavy atom. The van der Waals surface area contributed by atoms with Gasteiger partial charge in [0.05, 0.1) is 9.83 Å². The monoisotopic (exact) mass is 264 g/mol. The minimum Gasteiger partial charge on any atom is -0.272 e. The maximum absolute atomic E-state index is 11.6. The third kappa shape index (κ3) is 2.25. The molecule has 0 bridgehead atoms. The van der Waals surface area contributed by atoms with Crippen LogP contribution in [0.15, 0.2) is 29.2 Å². The van der Waals surface area contributed by atoms with Crippen molar-refractivity contribution in [3.05, 3.63) is 44.8 Å². The summed E-state index contributed by atoms with van der Waals surface area (Å²) in [4.78, 5) is 34.2. The molecule has 92 valence electrons. The van der Waals surface area contributed by atoms with Gasteiger partial charge in [-0.3, -0.25) is 24.6 Å². The van der Waals surface area contributed by atoms with Crippen molar-refractivity contribution in [2.75, 3.05) is 7.05 Å². The minimum atomic E-state index is -0.496. The Balaban J connectivity index is 2.26. The molecular formula is C11H8N2O4S. The van der Waals surface area contributed by atoms with Gasteiger partial charge in [0, 0.05) is 19.2 Å². The van der Waals surface area contributed by atoms with Gasteiger partial charge in [-0.15, -0.1) is 0 Å². The number of likely N-dealkylation sites (N-methyl/N-ethyl adjacent to an activating group) is 1. The van der Waals surface area contributed by atoms with Crippen LogP contribution in [-0.4, -0.2) is 28.0 Å². The average molecular weight is 264 g/mol. The summed E-state index contributed by atoms with van der Waals surface area (Å²) in [5, 5.41) is 10.1. The van der Waals surface area contributed by atoms with Gasteiger partial charge in [-0.05, 0) is 35.5 Å². The summed E-state index contributed by atoms with van der Waals surface area (Å²) in [6.07, 6.45) is 1.54. The molecule has 1 fully saturated rings. The molecule has 1 heterocycles. The Kier molecular flexibility index (Phi) is 3.15. The zero-order chi connectivity index (χ0) is 13.3. The lowest BCUT2D eigenvalue weighted by atomic mass is 10.2. The first-order valence-corrected chi connectivity index (χ1v) is 5.76. The van der Waals surface area contributed by atoms with Crippen LogP contribution in [0.5, 0.6) is 0 Å². The van der Waals surface area contributed by atoms with E-state index in [0.717, 1.165) is 16.7 Å². The lowest BCUT2D eigenvalue weighted by Gasteiger charge is -2.00. The Bertz CT molecular complexity index is 565. The van der Waals surface area contributed by atoms with Gasteiger partial charge in [0.25, 0.3) is 16.8 Å². The quantitative estimate of drug-likeness (QED) is 0.465. The predicted octanol–water partition coefficient (Wildman–Crippen LogP) is 2.26. The topological polar surface area (TPSA) is 80.5 Å².